The van der Waals surface area contributed by atoms with Crippen molar-refractivity contribution in [2.24, 2.45) is 11.8 Å². The molecule has 6 nitrogen and oxygen atoms in total. The fourth-order valence-electron chi connectivity index (χ4n) is 4.05. The first-order valence-electron chi connectivity index (χ1n) is 10.1. The molecule has 154 valence electrons. The van der Waals surface area contributed by atoms with Crippen LogP contribution >= 0.6 is 0 Å². The first kappa shape index (κ1) is 19.8. The molecule has 1 amide bonds. The second-order valence-electron chi connectivity index (χ2n) is 8.25. The minimum atomic E-state index is -0.240. The number of amides is 1. The van der Waals surface area contributed by atoms with Crippen LogP contribution in [0.2, 0.25) is 0 Å². The van der Waals surface area contributed by atoms with E-state index in [2.05, 4.69) is 10.3 Å². The second kappa shape index (κ2) is 8.06. The lowest BCUT2D eigenvalue weighted by molar-refractivity contribution is -0.117. The van der Waals surface area contributed by atoms with Crippen molar-refractivity contribution in [1.82, 2.24) is 9.97 Å². The number of hydrogen-bond donors (Lipinski definition) is 1. The summed E-state index contributed by atoms with van der Waals surface area (Å²) in [5.41, 5.74) is 2.53. The maximum atomic E-state index is 12.9. The summed E-state index contributed by atoms with van der Waals surface area (Å²) >= 11 is 0. The van der Waals surface area contributed by atoms with Crippen LogP contribution in [0.3, 0.4) is 0 Å². The molecule has 1 aliphatic heterocycles. The largest absolute Gasteiger partial charge is 0.376 e. The summed E-state index contributed by atoms with van der Waals surface area (Å²) in [5.74, 6) is 2.51. The summed E-state index contributed by atoms with van der Waals surface area (Å²) in [5, 5.41) is 2.92. The smallest absolute Gasteiger partial charge is 0.246 e. The number of aryl methyl sites for hydroxylation is 1. The molecule has 0 spiro atoms. The van der Waals surface area contributed by atoms with Gasteiger partial charge < -0.3 is 15.0 Å². The van der Waals surface area contributed by atoms with Gasteiger partial charge in [0.2, 0.25) is 5.91 Å². The summed E-state index contributed by atoms with van der Waals surface area (Å²) < 4.78 is 18.7. The second-order valence-corrected chi connectivity index (χ2v) is 8.25. The highest BCUT2D eigenvalue weighted by molar-refractivity contribution is 6.02. The van der Waals surface area contributed by atoms with E-state index in [1.54, 1.807) is 12.1 Å². The van der Waals surface area contributed by atoms with Crippen molar-refractivity contribution in [3.05, 3.63) is 47.2 Å². The number of rotatable bonds is 6. The lowest BCUT2D eigenvalue weighted by Gasteiger charge is -2.36. The number of aromatic nitrogens is 2. The Morgan fingerprint density at radius 2 is 1.93 bits per heavy atom. The maximum absolute atomic E-state index is 12.9. The van der Waals surface area contributed by atoms with E-state index in [4.69, 9.17) is 9.72 Å². The first-order valence-corrected chi connectivity index (χ1v) is 10.1. The van der Waals surface area contributed by atoms with Crippen LogP contribution in [0.25, 0.3) is 0 Å². The predicted octanol–water partition coefficient (Wildman–Crippen LogP) is 3.49. The van der Waals surface area contributed by atoms with Crippen LogP contribution < -0.4 is 10.2 Å². The van der Waals surface area contributed by atoms with Crippen LogP contribution in [-0.2, 0) is 22.6 Å². The van der Waals surface area contributed by atoms with Gasteiger partial charge in [0.1, 0.15) is 23.4 Å². The van der Waals surface area contributed by atoms with Gasteiger partial charge in [-0.25, -0.2) is 14.4 Å². The number of hydrogen-bond acceptors (Lipinski definition) is 5. The monoisotopic (exact) mass is 398 g/mol. The van der Waals surface area contributed by atoms with Crippen LogP contribution in [0.15, 0.2) is 24.3 Å². The van der Waals surface area contributed by atoms with Crippen molar-refractivity contribution in [1.29, 1.82) is 0 Å². The van der Waals surface area contributed by atoms with Crippen molar-refractivity contribution in [2.75, 3.05) is 23.9 Å². The molecule has 29 heavy (non-hydrogen) atoms. The molecule has 0 unspecified atom stereocenters. The molecular weight excluding hydrogens is 371 g/mol. The van der Waals surface area contributed by atoms with Gasteiger partial charge in [-0.3, -0.25) is 4.79 Å². The van der Waals surface area contributed by atoms with E-state index < -0.39 is 0 Å². The Morgan fingerprint density at radius 1 is 1.21 bits per heavy atom. The highest BCUT2D eigenvalue weighted by Crippen LogP contribution is 2.37. The van der Waals surface area contributed by atoms with Crippen LogP contribution in [0.1, 0.15) is 36.8 Å². The fraction of sp³-hybridized carbons (Fsp3) is 0.500. The molecule has 1 saturated carbocycles. The van der Waals surface area contributed by atoms with Gasteiger partial charge in [0.25, 0.3) is 0 Å². The number of likely N-dealkylation sites (N-methyl/N-ethyl adjacent to an activating group) is 1. The molecule has 1 aromatic heterocycles. The Balaban J connectivity index is 1.28. The number of carbonyl (C=O) groups excluding carboxylic acids is 1. The van der Waals surface area contributed by atoms with E-state index in [0.717, 1.165) is 54.5 Å². The number of fused-ring (bicyclic) bond motifs is 1. The molecule has 2 aromatic rings. The molecule has 7 heteroatoms. The number of halogens is 1. The molecular formula is C22H27FN4O2. The molecule has 1 atom stereocenters. The van der Waals surface area contributed by atoms with Crippen LogP contribution in [-0.4, -0.2) is 35.6 Å². The van der Waals surface area contributed by atoms with Gasteiger partial charge in [-0.2, -0.15) is 0 Å². The van der Waals surface area contributed by atoms with E-state index >= 15 is 0 Å². The maximum Gasteiger partial charge on any atom is 0.246 e. The van der Waals surface area contributed by atoms with E-state index in [9.17, 15) is 9.18 Å². The number of nitrogens with zero attached hydrogens (tertiary/aromatic N) is 3. The van der Waals surface area contributed by atoms with Gasteiger partial charge in [-0.15, -0.1) is 0 Å². The molecule has 2 heterocycles. The Hall–Kier alpha value is -2.54. The standard InChI is InChI=1S/C22H27FN4O2/c1-13-20-21(27(3)14(2)22(28)26-20)25-19(24-13)10-16-8-17(9-16)12-29-11-15-4-6-18(23)7-5-15/h4-7,14,16-17H,8-12H2,1-3H3,(H,26,28)/t14-,16?,17?/m0/s1. The zero-order valence-corrected chi connectivity index (χ0v) is 17.1. The summed E-state index contributed by atoms with van der Waals surface area (Å²) in [6.45, 7) is 5.04. The van der Waals surface area contributed by atoms with E-state index in [1.165, 1.54) is 12.1 Å². The fourth-order valence-corrected chi connectivity index (χ4v) is 4.05. The summed E-state index contributed by atoms with van der Waals surface area (Å²) in [6, 6.07) is 6.20. The van der Waals surface area contributed by atoms with Crippen LogP contribution in [0.4, 0.5) is 15.9 Å². The average molecular weight is 398 g/mol. The predicted molar refractivity (Wildman–Crippen MR) is 109 cm³/mol. The zero-order valence-electron chi connectivity index (χ0n) is 17.1. The zero-order chi connectivity index (χ0) is 20.5. The molecule has 0 bridgehead atoms. The number of carbonyl (C=O) groups is 1. The minimum absolute atomic E-state index is 0.0260. The van der Waals surface area contributed by atoms with Crippen molar-refractivity contribution in [2.45, 2.75) is 45.8 Å². The summed E-state index contributed by atoms with van der Waals surface area (Å²) in [7, 11) is 1.90. The Morgan fingerprint density at radius 3 is 2.66 bits per heavy atom. The van der Waals surface area contributed by atoms with Gasteiger partial charge in [0, 0.05) is 20.1 Å². The van der Waals surface area contributed by atoms with E-state index in [0.29, 0.717) is 18.4 Å². The molecule has 1 N–H and O–H groups in total. The van der Waals surface area contributed by atoms with Gasteiger partial charge in [-0.1, -0.05) is 12.1 Å². The summed E-state index contributed by atoms with van der Waals surface area (Å²) in [4.78, 5) is 23.3. The Labute approximate surface area is 170 Å². The third kappa shape index (κ3) is 4.24. The summed E-state index contributed by atoms with van der Waals surface area (Å²) in [6.07, 6.45) is 3.05. The van der Waals surface area contributed by atoms with Crippen molar-refractivity contribution in [3.63, 3.8) is 0 Å². The van der Waals surface area contributed by atoms with E-state index in [1.807, 2.05) is 25.8 Å². The highest BCUT2D eigenvalue weighted by Gasteiger charge is 2.33. The molecule has 2 aliphatic rings. The van der Waals surface area contributed by atoms with Crippen LogP contribution in [0.5, 0.6) is 0 Å². The third-order valence-electron chi connectivity index (χ3n) is 6.00. The molecule has 4 rings (SSSR count). The van der Waals surface area contributed by atoms with Crippen molar-refractivity contribution < 1.29 is 13.9 Å². The van der Waals surface area contributed by atoms with Gasteiger partial charge in [-0.05, 0) is 56.2 Å². The lowest BCUT2D eigenvalue weighted by Crippen LogP contribution is -2.45. The average Bonchev–Trinajstić information content (AvgIpc) is 2.66. The van der Waals surface area contributed by atoms with Gasteiger partial charge in [0.15, 0.2) is 5.82 Å². The van der Waals surface area contributed by atoms with E-state index in [-0.39, 0.29) is 17.8 Å². The third-order valence-corrected chi connectivity index (χ3v) is 6.00. The van der Waals surface area contributed by atoms with Gasteiger partial charge in [0.05, 0.1) is 12.3 Å². The first-order chi connectivity index (χ1) is 13.9. The minimum Gasteiger partial charge on any atom is -0.376 e. The molecule has 0 saturated heterocycles. The number of benzene rings is 1. The lowest BCUT2D eigenvalue weighted by atomic mass is 9.73. The Kier molecular flexibility index (Phi) is 5.50. The molecule has 1 fully saturated rings. The number of nitrogens with one attached hydrogen (secondary N) is 1. The SMILES string of the molecule is Cc1nc(CC2CC(COCc3ccc(F)cc3)C2)nc2c1NC(=O)[C@H](C)N2C. The highest BCUT2D eigenvalue weighted by atomic mass is 19.1. The quantitative estimate of drug-likeness (QED) is 0.807. The normalized spacial score (nSPS) is 23.4. The number of anilines is 2. The van der Waals surface area contributed by atoms with Crippen molar-refractivity contribution >= 4 is 17.4 Å². The molecule has 0 radical (unpaired) electrons. The molecule has 1 aliphatic carbocycles. The number of ether oxygens (including phenoxy) is 1. The topological polar surface area (TPSA) is 67.4 Å². The van der Waals surface area contributed by atoms with Crippen LogP contribution in [0, 0.1) is 24.6 Å². The van der Waals surface area contributed by atoms with Gasteiger partial charge >= 0.3 is 0 Å². The van der Waals surface area contributed by atoms with Crippen molar-refractivity contribution in [3.8, 4) is 0 Å². The Bertz CT molecular complexity index is 896. The molecule has 1 aromatic carbocycles.